The van der Waals surface area contributed by atoms with Gasteiger partial charge in [-0.1, -0.05) is 0 Å². The van der Waals surface area contributed by atoms with Gasteiger partial charge in [-0.2, -0.15) is 0 Å². The van der Waals surface area contributed by atoms with Crippen molar-refractivity contribution in [3.05, 3.63) is 36.3 Å². The van der Waals surface area contributed by atoms with E-state index in [1.54, 1.807) is 6.20 Å². The molecule has 0 saturated carbocycles. The van der Waals surface area contributed by atoms with Crippen molar-refractivity contribution in [1.82, 2.24) is 24.8 Å². The van der Waals surface area contributed by atoms with Gasteiger partial charge >= 0.3 is 0 Å². The molecule has 3 aromatic rings. The lowest BCUT2D eigenvalue weighted by atomic mass is 10.1. The SMILES string of the molecule is Nc1nc(CCCN2CCCC2)cc(-c2c[nH]c3ncccc23)n1. The van der Waals surface area contributed by atoms with Crippen molar-refractivity contribution in [1.29, 1.82) is 0 Å². The van der Waals surface area contributed by atoms with Gasteiger partial charge in [-0.25, -0.2) is 15.0 Å². The molecule has 0 bridgehead atoms. The van der Waals surface area contributed by atoms with Crippen LogP contribution in [0.2, 0.25) is 0 Å². The minimum absolute atomic E-state index is 0.335. The smallest absolute Gasteiger partial charge is 0.220 e. The highest BCUT2D eigenvalue weighted by atomic mass is 15.1. The first-order chi connectivity index (χ1) is 11.8. The maximum Gasteiger partial charge on any atom is 0.220 e. The number of fused-ring (bicyclic) bond motifs is 1. The highest BCUT2D eigenvalue weighted by Gasteiger charge is 2.13. The summed E-state index contributed by atoms with van der Waals surface area (Å²) in [6.45, 7) is 3.61. The van der Waals surface area contributed by atoms with Gasteiger partial charge in [0.2, 0.25) is 5.95 Å². The van der Waals surface area contributed by atoms with E-state index in [1.807, 2.05) is 18.3 Å². The van der Waals surface area contributed by atoms with Crippen LogP contribution in [-0.2, 0) is 6.42 Å². The third-order valence-electron chi connectivity index (χ3n) is 4.63. The fourth-order valence-electron chi connectivity index (χ4n) is 3.44. The van der Waals surface area contributed by atoms with Gasteiger partial charge in [0.25, 0.3) is 0 Å². The Bertz CT molecular complexity index is 834. The van der Waals surface area contributed by atoms with Gasteiger partial charge in [-0.15, -0.1) is 0 Å². The first kappa shape index (κ1) is 15.1. The molecule has 0 atom stereocenters. The van der Waals surface area contributed by atoms with E-state index in [-0.39, 0.29) is 0 Å². The van der Waals surface area contributed by atoms with Crippen LogP contribution >= 0.6 is 0 Å². The monoisotopic (exact) mass is 322 g/mol. The lowest BCUT2D eigenvalue weighted by Gasteiger charge is -2.14. The number of aromatic amines is 1. The Kier molecular flexibility index (Phi) is 4.13. The van der Waals surface area contributed by atoms with Gasteiger partial charge in [0.05, 0.1) is 5.69 Å². The number of likely N-dealkylation sites (tertiary alicyclic amines) is 1. The van der Waals surface area contributed by atoms with Gasteiger partial charge in [-0.3, -0.25) is 0 Å². The molecule has 0 radical (unpaired) electrons. The topological polar surface area (TPSA) is 83.7 Å². The Hall–Kier alpha value is -2.47. The third-order valence-corrected chi connectivity index (χ3v) is 4.63. The molecule has 6 nitrogen and oxygen atoms in total. The van der Waals surface area contributed by atoms with Crippen LogP contribution in [-0.4, -0.2) is 44.5 Å². The van der Waals surface area contributed by atoms with Gasteiger partial charge in [0.15, 0.2) is 0 Å². The molecule has 1 aliphatic rings. The van der Waals surface area contributed by atoms with E-state index < -0.39 is 0 Å². The minimum atomic E-state index is 0.335. The zero-order valence-corrected chi connectivity index (χ0v) is 13.7. The third kappa shape index (κ3) is 3.10. The molecule has 3 aromatic heterocycles. The van der Waals surface area contributed by atoms with Crippen molar-refractivity contribution in [3.63, 3.8) is 0 Å². The summed E-state index contributed by atoms with van der Waals surface area (Å²) in [5, 5.41) is 1.05. The number of H-pyrrole nitrogens is 1. The lowest BCUT2D eigenvalue weighted by molar-refractivity contribution is 0.333. The predicted octanol–water partition coefficient (Wildman–Crippen LogP) is 2.63. The van der Waals surface area contributed by atoms with Crippen molar-refractivity contribution >= 4 is 17.0 Å². The largest absolute Gasteiger partial charge is 0.368 e. The molecule has 0 aliphatic carbocycles. The molecule has 1 saturated heterocycles. The molecule has 0 spiro atoms. The summed E-state index contributed by atoms with van der Waals surface area (Å²) in [6.07, 6.45) is 8.41. The number of aryl methyl sites for hydroxylation is 1. The van der Waals surface area contributed by atoms with E-state index in [0.29, 0.717) is 5.95 Å². The van der Waals surface area contributed by atoms with Gasteiger partial charge in [-0.05, 0) is 63.5 Å². The summed E-state index contributed by atoms with van der Waals surface area (Å²) in [6, 6.07) is 6.02. The Labute approximate surface area is 141 Å². The first-order valence-corrected chi connectivity index (χ1v) is 8.58. The normalized spacial score (nSPS) is 15.3. The van der Waals surface area contributed by atoms with Crippen LogP contribution in [0.1, 0.15) is 25.0 Å². The quantitative estimate of drug-likeness (QED) is 0.754. The van der Waals surface area contributed by atoms with Gasteiger partial charge in [0.1, 0.15) is 5.65 Å². The molecule has 0 unspecified atom stereocenters. The van der Waals surface area contributed by atoms with Gasteiger partial charge in [0, 0.05) is 29.0 Å². The van der Waals surface area contributed by atoms with Crippen molar-refractivity contribution in [2.24, 2.45) is 0 Å². The molecule has 4 heterocycles. The van der Waals surface area contributed by atoms with E-state index in [1.165, 1.54) is 25.9 Å². The fourth-order valence-corrected chi connectivity index (χ4v) is 3.44. The van der Waals surface area contributed by atoms with E-state index in [4.69, 9.17) is 5.73 Å². The summed E-state index contributed by atoms with van der Waals surface area (Å²) in [5.41, 5.74) is 9.70. The Balaban J connectivity index is 1.54. The summed E-state index contributed by atoms with van der Waals surface area (Å²) >= 11 is 0. The second kappa shape index (κ2) is 6.57. The van der Waals surface area contributed by atoms with Gasteiger partial charge < -0.3 is 15.6 Å². The average Bonchev–Trinajstić information content (AvgIpc) is 3.23. The van der Waals surface area contributed by atoms with Crippen LogP contribution in [0.3, 0.4) is 0 Å². The first-order valence-electron chi connectivity index (χ1n) is 8.58. The molecule has 4 rings (SSSR count). The van der Waals surface area contributed by atoms with Crippen LogP contribution in [0.25, 0.3) is 22.3 Å². The number of hydrogen-bond acceptors (Lipinski definition) is 5. The summed E-state index contributed by atoms with van der Waals surface area (Å²) < 4.78 is 0. The fraction of sp³-hybridized carbons (Fsp3) is 0.389. The molecule has 1 aliphatic heterocycles. The Morgan fingerprint density at radius 3 is 2.96 bits per heavy atom. The number of pyridine rings is 1. The number of aromatic nitrogens is 4. The lowest BCUT2D eigenvalue weighted by Crippen LogP contribution is -2.20. The number of nitrogens with one attached hydrogen (secondary N) is 1. The van der Waals surface area contributed by atoms with Crippen LogP contribution in [0.5, 0.6) is 0 Å². The molecular weight excluding hydrogens is 300 g/mol. The van der Waals surface area contributed by atoms with E-state index in [0.717, 1.165) is 47.4 Å². The van der Waals surface area contributed by atoms with Crippen molar-refractivity contribution in [2.75, 3.05) is 25.4 Å². The van der Waals surface area contributed by atoms with E-state index >= 15 is 0 Å². The van der Waals surface area contributed by atoms with Crippen LogP contribution in [0.4, 0.5) is 5.95 Å². The molecule has 6 heteroatoms. The standard InChI is InChI=1S/C18H22N6/c19-18-22-13(5-4-10-24-8-1-2-9-24)11-16(23-18)15-12-21-17-14(15)6-3-7-20-17/h3,6-7,11-12H,1-2,4-5,8-10H2,(H,20,21)(H2,19,22,23). The summed E-state index contributed by atoms with van der Waals surface area (Å²) in [4.78, 5) is 18.9. The summed E-state index contributed by atoms with van der Waals surface area (Å²) in [7, 11) is 0. The predicted molar refractivity (Wildman–Crippen MR) is 95.5 cm³/mol. The van der Waals surface area contributed by atoms with Crippen LogP contribution in [0, 0.1) is 0 Å². The van der Waals surface area contributed by atoms with Crippen molar-refractivity contribution in [3.8, 4) is 11.3 Å². The number of nitrogens with two attached hydrogens (primary N) is 1. The number of hydrogen-bond donors (Lipinski definition) is 2. The number of nitrogens with zero attached hydrogens (tertiary/aromatic N) is 4. The Morgan fingerprint density at radius 2 is 2.08 bits per heavy atom. The minimum Gasteiger partial charge on any atom is -0.368 e. The molecule has 1 fully saturated rings. The molecular formula is C18H22N6. The number of anilines is 1. The van der Waals surface area contributed by atoms with Crippen LogP contribution < -0.4 is 5.73 Å². The van der Waals surface area contributed by atoms with E-state index in [2.05, 4.69) is 30.9 Å². The molecule has 24 heavy (non-hydrogen) atoms. The Morgan fingerprint density at radius 1 is 1.21 bits per heavy atom. The van der Waals surface area contributed by atoms with E-state index in [9.17, 15) is 0 Å². The maximum absolute atomic E-state index is 5.94. The highest BCUT2D eigenvalue weighted by Crippen LogP contribution is 2.27. The number of rotatable bonds is 5. The number of nitrogen functional groups attached to an aromatic ring is 1. The second-order valence-electron chi connectivity index (χ2n) is 6.36. The molecule has 0 aromatic carbocycles. The molecule has 3 N–H and O–H groups in total. The van der Waals surface area contributed by atoms with Crippen molar-refractivity contribution < 1.29 is 0 Å². The van der Waals surface area contributed by atoms with Crippen LogP contribution in [0.15, 0.2) is 30.6 Å². The molecule has 124 valence electrons. The maximum atomic E-state index is 5.94. The summed E-state index contributed by atoms with van der Waals surface area (Å²) in [5.74, 6) is 0.335. The zero-order chi connectivity index (χ0) is 16.4. The molecule has 0 amide bonds. The zero-order valence-electron chi connectivity index (χ0n) is 13.7. The van der Waals surface area contributed by atoms with Crippen molar-refractivity contribution in [2.45, 2.75) is 25.7 Å². The highest BCUT2D eigenvalue weighted by molar-refractivity contribution is 5.92. The second-order valence-corrected chi connectivity index (χ2v) is 6.36. The average molecular weight is 322 g/mol.